The summed E-state index contributed by atoms with van der Waals surface area (Å²) in [5.74, 6) is 1.60. The Balaban J connectivity index is 1.61. The van der Waals surface area contributed by atoms with Crippen molar-refractivity contribution in [2.24, 2.45) is 0 Å². The van der Waals surface area contributed by atoms with Gasteiger partial charge in [-0.2, -0.15) is 4.98 Å². The normalized spacial score (nSPS) is 19.2. The van der Waals surface area contributed by atoms with Crippen LogP contribution in [0.4, 0.5) is 0 Å². The van der Waals surface area contributed by atoms with Gasteiger partial charge in [0, 0.05) is 12.5 Å². The molecule has 2 aromatic rings. The highest BCUT2D eigenvalue weighted by atomic mass is 16.5. The number of benzene rings is 1. The molecule has 1 unspecified atom stereocenters. The van der Waals surface area contributed by atoms with Crippen LogP contribution in [0.2, 0.25) is 0 Å². The number of hydrogen-bond donors (Lipinski definition) is 0. The Kier molecular flexibility index (Phi) is 4.65. The van der Waals surface area contributed by atoms with E-state index in [1.807, 2.05) is 0 Å². The highest BCUT2D eigenvalue weighted by molar-refractivity contribution is 5.16. The Labute approximate surface area is 126 Å². The standard InChI is InChI=1S/C17H23N3O/c1-2-7-16-18-17(21-19-16)13-20-11-6-10-15(20)12-14-8-4-3-5-9-14/h3-5,8-9,15H,2,6-7,10-13H2,1H3. The second-order valence-corrected chi connectivity index (χ2v) is 5.81. The van der Waals surface area contributed by atoms with Crippen LogP contribution < -0.4 is 0 Å². The molecule has 1 aliphatic heterocycles. The second kappa shape index (κ2) is 6.85. The minimum atomic E-state index is 0.592. The van der Waals surface area contributed by atoms with Gasteiger partial charge in [0.25, 0.3) is 0 Å². The minimum Gasteiger partial charge on any atom is -0.338 e. The van der Waals surface area contributed by atoms with Gasteiger partial charge in [-0.1, -0.05) is 42.4 Å². The Hall–Kier alpha value is -1.68. The first kappa shape index (κ1) is 14.3. The molecule has 0 radical (unpaired) electrons. The predicted molar refractivity (Wildman–Crippen MR) is 81.9 cm³/mol. The third-order valence-electron chi connectivity index (χ3n) is 4.14. The van der Waals surface area contributed by atoms with E-state index in [1.165, 1.54) is 18.4 Å². The topological polar surface area (TPSA) is 42.2 Å². The number of rotatable bonds is 6. The van der Waals surface area contributed by atoms with Crippen molar-refractivity contribution in [2.75, 3.05) is 6.54 Å². The molecule has 0 spiro atoms. The first-order valence-electron chi connectivity index (χ1n) is 7.94. The molecule has 21 heavy (non-hydrogen) atoms. The van der Waals surface area contributed by atoms with Gasteiger partial charge in [0.2, 0.25) is 5.89 Å². The summed E-state index contributed by atoms with van der Waals surface area (Å²) in [6, 6.07) is 11.3. The van der Waals surface area contributed by atoms with Gasteiger partial charge in [-0.3, -0.25) is 4.90 Å². The van der Waals surface area contributed by atoms with Crippen LogP contribution in [0.5, 0.6) is 0 Å². The van der Waals surface area contributed by atoms with Gasteiger partial charge in [-0.05, 0) is 37.8 Å². The molecule has 3 rings (SSSR count). The number of hydrogen-bond acceptors (Lipinski definition) is 4. The van der Waals surface area contributed by atoms with Gasteiger partial charge in [0.15, 0.2) is 5.82 Å². The zero-order chi connectivity index (χ0) is 14.5. The molecule has 0 bridgehead atoms. The zero-order valence-electron chi connectivity index (χ0n) is 12.7. The Bertz CT molecular complexity index is 552. The molecule has 112 valence electrons. The van der Waals surface area contributed by atoms with Crippen molar-refractivity contribution in [3.63, 3.8) is 0 Å². The summed E-state index contributed by atoms with van der Waals surface area (Å²) in [6.45, 7) is 4.05. The monoisotopic (exact) mass is 285 g/mol. The third kappa shape index (κ3) is 3.70. The van der Waals surface area contributed by atoms with E-state index in [-0.39, 0.29) is 0 Å². The molecule has 1 saturated heterocycles. The van der Waals surface area contributed by atoms with Crippen molar-refractivity contribution >= 4 is 0 Å². The number of aryl methyl sites for hydroxylation is 1. The van der Waals surface area contributed by atoms with Gasteiger partial charge in [-0.15, -0.1) is 0 Å². The van der Waals surface area contributed by atoms with Gasteiger partial charge in [0.05, 0.1) is 6.54 Å². The molecule has 0 amide bonds. The lowest BCUT2D eigenvalue weighted by atomic mass is 10.0. The Morgan fingerprint density at radius 3 is 2.95 bits per heavy atom. The average molecular weight is 285 g/mol. The summed E-state index contributed by atoms with van der Waals surface area (Å²) >= 11 is 0. The van der Waals surface area contributed by atoms with E-state index in [0.717, 1.165) is 44.1 Å². The lowest BCUT2D eigenvalue weighted by Crippen LogP contribution is -2.30. The summed E-state index contributed by atoms with van der Waals surface area (Å²) in [7, 11) is 0. The van der Waals surface area contributed by atoms with Crippen molar-refractivity contribution in [1.29, 1.82) is 0 Å². The molecule has 1 atom stereocenters. The fourth-order valence-corrected chi connectivity index (χ4v) is 3.07. The van der Waals surface area contributed by atoms with Crippen LogP contribution in [0.1, 0.15) is 43.5 Å². The van der Waals surface area contributed by atoms with Gasteiger partial charge < -0.3 is 4.52 Å². The largest absolute Gasteiger partial charge is 0.338 e. The van der Waals surface area contributed by atoms with E-state index < -0.39 is 0 Å². The molecule has 1 aromatic heterocycles. The molecular weight excluding hydrogens is 262 g/mol. The van der Waals surface area contributed by atoms with Crippen LogP contribution in [-0.4, -0.2) is 27.6 Å². The van der Waals surface area contributed by atoms with Crippen LogP contribution in [0.25, 0.3) is 0 Å². The van der Waals surface area contributed by atoms with Crippen LogP contribution in [0, 0.1) is 0 Å². The van der Waals surface area contributed by atoms with E-state index in [4.69, 9.17) is 4.52 Å². The molecule has 2 heterocycles. The first-order valence-corrected chi connectivity index (χ1v) is 7.94. The molecule has 0 saturated carbocycles. The van der Waals surface area contributed by atoms with E-state index in [1.54, 1.807) is 0 Å². The van der Waals surface area contributed by atoms with Crippen molar-refractivity contribution in [3.8, 4) is 0 Å². The fraction of sp³-hybridized carbons (Fsp3) is 0.529. The maximum absolute atomic E-state index is 5.37. The average Bonchev–Trinajstić information content (AvgIpc) is 3.11. The van der Waals surface area contributed by atoms with Gasteiger partial charge in [0.1, 0.15) is 0 Å². The summed E-state index contributed by atoms with van der Waals surface area (Å²) in [4.78, 5) is 6.97. The summed E-state index contributed by atoms with van der Waals surface area (Å²) in [5, 5.41) is 4.04. The van der Waals surface area contributed by atoms with Crippen molar-refractivity contribution < 1.29 is 4.52 Å². The molecule has 4 nitrogen and oxygen atoms in total. The lowest BCUT2D eigenvalue weighted by Gasteiger charge is -2.22. The maximum atomic E-state index is 5.37. The molecular formula is C17H23N3O. The SMILES string of the molecule is CCCc1noc(CN2CCCC2Cc2ccccc2)n1. The molecule has 4 heteroatoms. The van der Waals surface area contributed by atoms with Crippen LogP contribution in [-0.2, 0) is 19.4 Å². The minimum absolute atomic E-state index is 0.592. The second-order valence-electron chi connectivity index (χ2n) is 5.81. The highest BCUT2D eigenvalue weighted by Crippen LogP contribution is 2.23. The third-order valence-corrected chi connectivity index (χ3v) is 4.14. The predicted octanol–water partition coefficient (Wildman–Crippen LogP) is 3.23. The number of likely N-dealkylation sites (tertiary alicyclic amines) is 1. The van der Waals surface area contributed by atoms with Crippen LogP contribution >= 0.6 is 0 Å². The number of nitrogens with zero attached hydrogens (tertiary/aromatic N) is 3. The summed E-state index contributed by atoms with van der Waals surface area (Å²) in [6.07, 6.45) is 5.57. The van der Waals surface area contributed by atoms with Crippen LogP contribution in [0.3, 0.4) is 0 Å². The Morgan fingerprint density at radius 2 is 2.14 bits per heavy atom. The van der Waals surface area contributed by atoms with Crippen molar-refractivity contribution in [2.45, 2.75) is 51.6 Å². The van der Waals surface area contributed by atoms with E-state index >= 15 is 0 Å². The van der Waals surface area contributed by atoms with Gasteiger partial charge >= 0.3 is 0 Å². The summed E-state index contributed by atoms with van der Waals surface area (Å²) < 4.78 is 5.37. The first-order chi connectivity index (χ1) is 10.3. The number of aromatic nitrogens is 2. The molecule has 1 aromatic carbocycles. The van der Waals surface area contributed by atoms with E-state index in [9.17, 15) is 0 Å². The van der Waals surface area contributed by atoms with Crippen molar-refractivity contribution in [3.05, 3.63) is 47.6 Å². The van der Waals surface area contributed by atoms with Crippen molar-refractivity contribution in [1.82, 2.24) is 15.0 Å². The Morgan fingerprint density at radius 1 is 1.29 bits per heavy atom. The van der Waals surface area contributed by atoms with E-state index in [0.29, 0.717) is 6.04 Å². The molecule has 0 N–H and O–H groups in total. The molecule has 1 aliphatic rings. The van der Waals surface area contributed by atoms with Crippen LogP contribution in [0.15, 0.2) is 34.9 Å². The quantitative estimate of drug-likeness (QED) is 0.817. The maximum Gasteiger partial charge on any atom is 0.240 e. The van der Waals surface area contributed by atoms with E-state index in [2.05, 4.69) is 52.3 Å². The molecule has 0 aliphatic carbocycles. The summed E-state index contributed by atoms with van der Waals surface area (Å²) in [5.41, 5.74) is 1.41. The highest BCUT2D eigenvalue weighted by Gasteiger charge is 2.26. The fourth-order valence-electron chi connectivity index (χ4n) is 3.07. The lowest BCUT2D eigenvalue weighted by molar-refractivity contribution is 0.209. The molecule has 1 fully saturated rings. The van der Waals surface area contributed by atoms with Gasteiger partial charge in [-0.25, -0.2) is 0 Å². The zero-order valence-corrected chi connectivity index (χ0v) is 12.7. The smallest absolute Gasteiger partial charge is 0.240 e.